The Morgan fingerprint density at radius 2 is 2.22 bits per heavy atom. The number of rotatable bonds is 6. The lowest BCUT2D eigenvalue weighted by atomic mass is 9.78. The number of carboxylic acids is 1. The molecule has 3 aromatic heterocycles. The first kappa shape index (κ1) is 24.7. The first-order chi connectivity index (χ1) is 17.6. The highest BCUT2D eigenvalue weighted by atomic mass is 19.1. The quantitative estimate of drug-likeness (QED) is 0.378. The molecule has 10 heteroatoms. The Kier molecular flexibility index (Phi) is 5.91. The molecule has 1 saturated heterocycles. The normalized spacial score (nSPS) is 20.3. The summed E-state index contributed by atoms with van der Waals surface area (Å²) in [6, 6.07) is 8.93. The SMILES string of the molecule is COc1cc(-n2c(C(C)(C)CC#N)c(C3CC[C@](C)(C(=O)O)OC3)c3nc4[nH]ncc4cc32)ccc1F. The third kappa shape index (κ3) is 4.00. The van der Waals surface area contributed by atoms with Crippen molar-refractivity contribution >= 4 is 28.0 Å². The summed E-state index contributed by atoms with van der Waals surface area (Å²) in [4.78, 5) is 16.7. The third-order valence-corrected chi connectivity index (χ3v) is 7.37. The maximum Gasteiger partial charge on any atom is 0.335 e. The minimum atomic E-state index is -1.26. The zero-order valence-electron chi connectivity index (χ0n) is 21.1. The van der Waals surface area contributed by atoms with E-state index in [1.54, 1.807) is 25.3 Å². The molecular formula is C27H28FN5O4. The van der Waals surface area contributed by atoms with Crippen LogP contribution in [0.2, 0.25) is 0 Å². The largest absolute Gasteiger partial charge is 0.494 e. The summed E-state index contributed by atoms with van der Waals surface area (Å²) in [7, 11) is 1.41. The smallest absolute Gasteiger partial charge is 0.335 e. The molecule has 0 amide bonds. The molecule has 1 aliphatic rings. The van der Waals surface area contributed by atoms with Gasteiger partial charge in [0.2, 0.25) is 0 Å². The van der Waals surface area contributed by atoms with E-state index in [4.69, 9.17) is 14.5 Å². The number of nitrogens with zero attached hydrogens (tertiary/aromatic N) is 4. The fraction of sp³-hybridized carbons (Fsp3) is 0.407. The Morgan fingerprint density at radius 1 is 1.43 bits per heavy atom. The van der Waals surface area contributed by atoms with Gasteiger partial charge in [-0.15, -0.1) is 0 Å². The number of carbonyl (C=O) groups is 1. The molecule has 0 radical (unpaired) electrons. The number of carboxylic acid groups (broad SMARTS) is 1. The number of ether oxygens (including phenoxy) is 2. The second-order valence-corrected chi connectivity index (χ2v) is 10.4. The fourth-order valence-corrected chi connectivity index (χ4v) is 5.27. The van der Waals surface area contributed by atoms with Crippen LogP contribution in [-0.2, 0) is 14.9 Å². The topological polar surface area (TPSA) is 126 Å². The number of aromatic nitrogens is 4. The number of aromatic amines is 1. The van der Waals surface area contributed by atoms with Crippen molar-refractivity contribution in [2.24, 2.45) is 0 Å². The van der Waals surface area contributed by atoms with Crippen LogP contribution < -0.4 is 4.74 Å². The molecule has 2 atom stereocenters. The van der Waals surface area contributed by atoms with Gasteiger partial charge in [0.15, 0.2) is 22.8 Å². The van der Waals surface area contributed by atoms with Crippen molar-refractivity contribution in [3.05, 3.63) is 47.5 Å². The second-order valence-electron chi connectivity index (χ2n) is 10.4. The monoisotopic (exact) mass is 505 g/mol. The van der Waals surface area contributed by atoms with Crippen LogP contribution in [0.4, 0.5) is 4.39 Å². The Labute approximate surface area is 212 Å². The molecule has 2 N–H and O–H groups in total. The number of aliphatic carboxylic acids is 1. The number of hydrogen-bond donors (Lipinski definition) is 2. The second kappa shape index (κ2) is 8.85. The van der Waals surface area contributed by atoms with Gasteiger partial charge in [-0.2, -0.15) is 10.4 Å². The van der Waals surface area contributed by atoms with Crippen molar-refractivity contribution in [2.75, 3.05) is 13.7 Å². The Balaban J connectivity index is 1.83. The van der Waals surface area contributed by atoms with Crippen molar-refractivity contribution in [3.8, 4) is 17.5 Å². The number of benzene rings is 1. The molecule has 0 spiro atoms. The minimum absolute atomic E-state index is 0.0977. The van der Waals surface area contributed by atoms with Gasteiger partial charge in [-0.25, -0.2) is 14.2 Å². The molecule has 1 aliphatic heterocycles. The summed E-state index contributed by atoms with van der Waals surface area (Å²) >= 11 is 0. The summed E-state index contributed by atoms with van der Waals surface area (Å²) in [6.07, 6.45) is 2.79. The van der Waals surface area contributed by atoms with Crippen molar-refractivity contribution in [1.82, 2.24) is 19.7 Å². The van der Waals surface area contributed by atoms with Crippen LogP contribution in [0.5, 0.6) is 5.75 Å². The Hall–Kier alpha value is -3.97. The lowest BCUT2D eigenvalue weighted by molar-refractivity contribution is -0.170. The molecule has 1 fully saturated rings. The van der Waals surface area contributed by atoms with Gasteiger partial charge in [0.25, 0.3) is 0 Å². The lowest BCUT2D eigenvalue weighted by Gasteiger charge is -2.36. The fourth-order valence-electron chi connectivity index (χ4n) is 5.27. The average Bonchev–Trinajstić information content (AvgIpc) is 3.45. The molecule has 9 nitrogen and oxygen atoms in total. The standard InChI is InChI=1S/C27H28FN5O4/c1-26(2,9-10-29)23-21(15-7-8-27(3,25(34)35)37-14-15)22-19(11-16-13-30-32-24(16)31-22)33(23)17-5-6-18(28)20(12-17)36-4/h5-6,11-13,15H,7-9,14H2,1-4H3,(H,34,35)(H,30,31,32)/t15?,27-/m1/s1. The van der Waals surface area contributed by atoms with Crippen LogP contribution >= 0.6 is 0 Å². The van der Waals surface area contributed by atoms with Crippen LogP contribution in [-0.4, -0.2) is 50.1 Å². The Morgan fingerprint density at radius 3 is 2.86 bits per heavy atom. The number of methoxy groups -OCH3 is 1. The predicted octanol–water partition coefficient (Wildman–Crippen LogP) is 4.98. The van der Waals surface area contributed by atoms with E-state index in [9.17, 15) is 19.6 Å². The maximum atomic E-state index is 14.4. The van der Waals surface area contributed by atoms with Gasteiger partial charge in [-0.1, -0.05) is 13.8 Å². The summed E-state index contributed by atoms with van der Waals surface area (Å²) in [6.45, 7) is 5.76. The van der Waals surface area contributed by atoms with E-state index in [1.165, 1.54) is 13.2 Å². The van der Waals surface area contributed by atoms with Gasteiger partial charge in [0.05, 0.1) is 37.0 Å². The summed E-state index contributed by atoms with van der Waals surface area (Å²) in [5.41, 5.74) is 2.59. The summed E-state index contributed by atoms with van der Waals surface area (Å²) in [5.74, 6) is -1.54. The molecule has 1 unspecified atom stereocenters. The van der Waals surface area contributed by atoms with Crippen LogP contribution in [0.3, 0.4) is 0 Å². The van der Waals surface area contributed by atoms with Gasteiger partial charge in [0.1, 0.15) is 0 Å². The first-order valence-corrected chi connectivity index (χ1v) is 12.1. The zero-order chi connectivity index (χ0) is 26.5. The Bertz CT molecular complexity index is 1560. The highest BCUT2D eigenvalue weighted by Gasteiger charge is 2.42. The summed E-state index contributed by atoms with van der Waals surface area (Å²) < 4.78 is 27.6. The van der Waals surface area contributed by atoms with Gasteiger partial charge >= 0.3 is 5.97 Å². The molecule has 0 bridgehead atoms. The van der Waals surface area contributed by atoms with Gasteiger partial charge in [-0.3, -0.25) is 5.10 Å². The number of nitriles is 1. The average molecular weight is 506 g/mol. The molecule has 1 aromatic carbocycles. The highest BCUT2D eigenvalue weighted by Crippen LogP contribution is 2.46. The molecule has 0 saturated carbocycles. The molecule has 0 aliphatic carbocycles. The third-order valence-electron chi connectivity index (χ3n) is 7.37. The number of fused-ring (bicyclic) bond motifs is 2. The molecule has 37 heavy (non-hydrogen) atoms. The zero-order valence-corrected chi connectivity index (χ0v) is 21.1. The molecule has 5 rings (SSSR count). The van der Waals surface area contributed by atoms with Crippen LogP contribution in [0, 0.1) is 17.1 Å². The van der Waals surface area contributed by atoms with E-state index < -0.39 is 22.8 Å². The molecule has 4 heterocycles. The molecule has 4 aromatic rings. The first-order valence-electron chi connectivity index (χ1n) is 12.1. The summed E-state index contributed by atoms with van der Waals surface area (Å²) in [5, 5.41) is 27.2. The van der Waals surface area contributed by atoms with Crippen molar-refractivity contribution in [3.63, 3.8) is 0 Å². The molecular weight excluding hydrogens is 477 g/mol. The van der Waals surface area contributed by atoms with Crippen LogP contribution in [0.25, 0.3) is 27.8 Å². The highest BCUT2D eigenvalue weighted by molar-refractivity contribution is 5.94. The number of hydrogen-bond acceptors (Lipinski definition) is 6. The van der Waals surface area contributed by atoms with Gasteiger partial charge in [0, 0.05) is 46.2 Å². The minimum Gasteiger partial charge on any atom is -0.494 e. The van der Waals surface area contributed by atoms with Crippen molar-refractivity contribution in [1.29, 1.82) is 5.26 Å². The van der Waals surface area contributed by atoms with Gasteiger partial charge in [-0.05, 0) is 38.0 Å². The van der Waals surface area contributed by atoms with Crippen molar-refractivity contribution < 1.29 is 23.8 Å². The van der Waals surface area contributed by atoms with Crippen LogP contribution in [0.1, 0.15) is 57.2 Å². The molecule has 192 valence electrons. The van der Waals surface area contributed by atoms with E-state index in [-0.39, 0.29) is 24.7 Å². The van der Waals surface area contributed by atoms with Gasteiger partial charge < -0.3 is 19.1 Å². The number of pyridine rings is 1. The van der Waals surface area contributed by atoms with E-state index in [0.717, 1.165) is 22.2 Å². The van der Waals surface area contributed by atoms with Crippen LogP contribution in [0.15, 0.2) is 30.5 Å². The van der Waals surface area contributed by atoms with E-state index in [2.05, 4.69) is 16.3 Å². The lowest BCUT2D eigenvalue weighted by Crippen LogP contribution is -2.43. The van der Waals surface area contributed by atoms with E-state index in [0.29, 0.717) is 29.7 Å². The van der Waals surface area contributed by atoms with E-state index >= 15 is 0 Å². The van der Waals surface area contributed by atoms with E-state index in [1.807, 2.05) is 24.5 Å². The number of nitrogens with one attached hydrogen (secondary N) is 1. The number of H-pyrrole nitrogens is 1. The maximum absolute atomic E-state index is 14.4. The predicted molar refractivity (Wildman–Crippen MR) is 134 cm³/mol. The number of halogens is 1. The van der Waals surface area contributed by atoms with Crippen molar-refractivity contribution in [2.45, 2.75) is 57.0 Å².